The van der Waals surface area contributed by atoms with Gasteiger partial charge in [-0.05, 0) is 11.1 Å². The van der Waals surface area contributed by atoms with Crippen molar-refractivity contribution in [1.29, 1.82) is 0 Å². The molecule has 1 N–H and O–H groups in total. The highest BCUT2D eigenvalue weighted by Gasteiger charge is 2.28. The summed E-state index contributed by atoms with van der Waals surface area (Å²) in [6.45, 7) is 0. The van der Waals surface area contributed by atoms with Gasteiger partial charge >= 0.3 is 0 Å². The third-order valence-electron chi connectivity index (χ3n) is 3.92. The Morgan fingerprint density at radius 3 is 2.00 bits per heavy atom. The molecule has 0 saturated carbocycles. The first-order valence-corrected chi connectivity index (χ1v) is 7.11. The number of imide groups is 2. The molecule has 0 saturated heterocycles. The van der Waals surface area contributed by atoms with Crippen molar-refractivity contribution in [2.75, 3.05) is 7.05 Å². The molecular formula is C17H14N2O4. The lowest BCUT2D eigenvalue weighted by Gasteiger charge is -2.11. The van der Waals surface area contributed by atoms with Crippen molar-refractivity contribution in [2.45, 2.75) is 12.8 Å². The normalized spacial score (nSPS) is 17.5. The quantitative estimate of drug-likeness (QED) is 0.810. The summed E-state index contributed by atoms with van der Waals surface area (Å²) in [6.07, 6.45) is 3.24. The van der Waals surface area contributed by atoms with Crippen LogP contribution in [0, 0.1) is 0 Å². The van der Waals surface area contributed by atoms with Gasteiger partial charge in [-0.25, -0.2) is 0 Å². The summed E-state index contributed by atoms with van der Waals surface area (Å²) < 4.78 is 0. The van der Waals surface area contributed by atoms with Crippen molar-refractivity contribution >= 4 is 23.6 Å². The summed E-state index contributed by atoms with van der Waals surface area (Å²) in [5.74, 6) is -1.44. The zero-order valence-corrected chi connectivity index (χ0v) is 12.5. The number of hydrogen-bond donors (Lipinski definition) is 1. The van der Waals surface area contributed by atoms with Crippen molar-refractivity contribution < 1.29 is 19.2 Å². The predicted molar refractivity (Wildman–Crippen MR) is 80.9 cm³/mol. The molecule has 0 radical (unpaired) electrons. The third kappa shape index (κ3) is 2.83. The topological polar surface area (TPSA) is 83.6 Å². The molecule has 1 aromatic carbocycles. The van der Waals surface area contributed by atoms with E-state index in [1.165, 1.54) is 19.2 Å². The van der Waals surface area contributed by atoms with E-state index in [1.54, 1.807) is 0 Å². The molecule has 0 bridgehead atoms. The highest BCUT2D eigenvalue weighted by atomic mass is 16.2. The molecule has 6 heteroatoms. The second-order valence-electron chi connectivity index (χ2n) is 5.48. The number of nitrogens with one attached hydrogen (secondary N) is 1. The van der Waals surface area contributed by atoms with Gasteiger partial charge in [-0.3, -0.25) is 29.4 Å². The summed E-state index contributed by atoms with van der Waals surface area (Å²) in [6, 6.07) is 7.36. The van der Waals surface area contributed by atoms with Gasteiger partial charge in [-0.15, -0.1) is 0 Å². The first-order valence-electron chi connectivity index (χ1n) is 7.11. The van der Waals surface area contributed by atoms with E-state index in [4.69, 9.17) is 0 Å². The monoisotopic (exact) mass is 310 g/mol. The average molecular weight is 310 g/mol. The average Bonchev–Trinajstić information content (AvgIpc) is 2.95. The molecule has 0 spiro atoms. The van der Waals surface area contributed by atoms with Crippen molar-refractivity contribution in [2.24, 2.45) is 0 Å². The number of nitrogens with zero attached hydrogens (tertiary/aromatic N) is 1. The molecule has 4 amide bonds. The van der Waals surface area contributed by atoms with Crippen LogP contribution in [0.4, 0.5) is 0 Å². The summed E-state index contributed by atoms with van der Waals surface area (Å²) in [4.78, 5) is 47.5. The Morgan fingerprint density at radius 2 is 1.52 bits per heavy atom. The lowest BCUT2D eigenvalue weighted by molar-refractivity contribution is -0.135. The maximum atomic E-state index is 12.0. The van der Waals surface area contributed by atoms with Crippen molar-refractivity contribution in [1.82, 2.24) is 10.2 Å². The number of carbonyl (C=O) groups excluding carboxylic acids is 4. The zero-order valence-electron chi connectivity index (χ0n) is 12.5. The fraction of sp³-hybridized carbons (Fsp3) is 0.176. The van der Waals surface area contributed by atoms with Crippen molar-refractivity contribution in [3.63, 3.8) is 0 Å². The molecular weight excluding hydrogens is 296 g/mol. The molecule has 3 rings (SSSR count). The molecule has 1 aromatic rings. The van der Waals surface area contributed by atoms with E-state index in [1.807, 2.05) is 24.3 Å². The van der Waals surface area contributed by atoms with E-state index in [2.05, 4.69) is 5.32 Å². The molecule has 0 aliphatic carbocycles. The third-order valence-corrected chi connectivity index (χ3v) is 3.92. The smallest absolute Gasteiger partial charge is 0.256 e. The van der Waals surface area contributed by atoms with Crippen LogP contribution in [-0.4, -0.2) is 35.6 Å². The van der Waals surface area contributed by atoms with Crippen LogP contribution in [0.2, 0.25) is 0 Å². The highest BCUT2D eigenvalue weighted by Crippen LogP contribution is 2.22. The fourth-order valence-corrected chi connectivity index (χ4v) is 2.65. The Balaban J connectivity index is 1.85. The summed E-state index contributed by atoms with van der Waals surface area (Å²) >= 11 is 0. The first-order chi connectivity index (χ1) is 11.0. The Morgan fingerprint density at radius 1 is 0.913 bits per heavy atom. The van der Waals surface area contributed by atoms with Gasteiger partial charge in [0.05, 0.1) is 0 Å². The first kappa shape index (κ1) is 14.9. The van der Waals surface area contributed by atoms with Crippen LogP contribution in [0.25, 0.3) is 0 Å². The fourth-order valence-electron chi connectivity index (χ4n) is 2.65. The molecule has 6 nitrogen and oxygen atoms in total. The van der Waals surface area contributed by atoms with Crippen LogP contribution >= 0.6 is 0 Å². The van der Waals surface area contributed by atoms with Crippen LogP contribution in [0.15, 0.2) is 47.6 Å². The van der Waals surface area contributed by atoms with Gasteiger partial charge < -0.3 is 0 Å². The van der Waals surface area contributed by atoms with E-state index in [0.717, 1.165) is 16.0 Å². The molecule has 2 aliphatic heterocycles. The summed E-state index contributed by atoms with van der Waals surface area (Å²) in [5, 5.41) is 2.21. The van der Waals surface area contributed by atoms with Crippen molar-refractivity contribution in [3.8, 4) is 0 Å². The van der Waals surface area contributed by atoms with Gasteiger partial charge in [0.25, 0.3) is 23.6 Å². The number of likely N-dealkylation sites (N-methyl/N-ethyl adjacent to an activating group) is 1. The van der Waals surface area contributed by atoms with Crippen LogP contribution in [0.5, 0.6) is 0 Å². The molecule has 2 heterocycles. The maximum Gasteiger partial charge on any atom is 0.256 e. The van der Waals surface area contributed by atoms with Crippen LogP contribution in [0.3, 0.4) is 0 Å². The lowest BCUT2D eigenvalue weighted by Crippen LogP contribution is -2.26. The van der Waals surface area contributed by atoms with Gasteiger partial charge in [-0.2, -0.15) is 0 Å². The molecule has 116 valence electrons. The zero-order chi connectivity index (χ0) is 16.6. The summed E-state index contributed by atoms with van der Waals surface area (Å²) in [7, 11) is 1.44. The molecule has 0 aromatic heterocycles. The Kier molecular flexibility index (Phi) is 3.65. The Labute approximate surface area is 132 Å². The van der Waals surface area contributed by atoms with E-state index in [9.17, 15) is 19.2 Å². The van der Waals surface area contributed by atoms with Crippen LogP contribution in [-0.2, 0) is 32.0 Å². The molecule has 0 unspecified atom stereocenters. The van der Waals surface area contributed by atoms with Gasteiger partial charge in [-0.1, -0.05) is 24.3 Å². The Bertz CT molecular complexity index is 805. The minimum absolute atomic E-state index is 0.305. The van der Waals surface area contributed by atoms with Crippen LogP contribution < -0.4 is 5.32 Å². The highest BCUT2D eigenvalue weighted by molar-refractivity contribution is 6.17. The largest absolute Gasteiger partial charge is 0.289 e. The Hall–Kier alpha value is -3.02. The van der Waals surface area contributed by atoms with E-state index >= 15 is 0 Å². The van der Waals surface area contributed by atoms with Gasteiger partial charge in [0, 0.05) is 43.2 Å². The predicted octanol–water partition coefficient (Wildman–Crippen LogP) is 0.279. The lowest BCUT2D eigenvalue weighted by atomic mass is 9.95. The minimum Gasteiger partial charge on any atom is -0.289 e. The molecule has 23 heavy (non-hydrogen) atoms. The second kappa shape index (κ2) is 5.64. The van der Waals surface area contributed by atoms with Gasteiger partial charge in [0.2, 0.25) is 0 Å². The van der Waals surface area contributed by atoms with E-state index in [-0.39, 0.29) is 11.8 Å². The number of carbonyl (C=O) groups is 4. The molecule has 2 aliphatic rings. The molecule has 0 fully saturated rings. The summed E-state index contributed by atoms with van der Waals surface area (Å²) in [5.41, 5.74) is 2.51. The SMILES string of the molecule is CN1C(=O)C=C(Cc2ccccc2CC2=CC(=O)NC2=O)C1=O. The number of amides is 4. The number of benzene rings is 1. The number of hydrogen-bond acceptors (Lipinski definition) is 4. The molecule has 0 atom stereocenters. The van der Waals surface area contributed by atoms with Crippen LogP contribution in [0.1, 0.15) is 11.1 Å². The second-order valence-corrected chi connectivity index (χ2v) is 5.48. The van der Waals surface area contributed by atoms with Gasteiger partial charge in [0.1, 0.15) is 0 Å². The number of rotatable bonds is 4. The minimum atomic E-state index is -0.414. The van der Waals surface area contributed by atoms with Crippen molar-refractivity contribution in [3.05, 3.63) is 58.7 Å². The van der Waals surface area contributed by atoms with E-state index in [0.29, 0.717) is 24.0 Å². The standard InChI is InChI=1S/C17H14N2O4/c1-19-15(21)9-13(17(19)23)7-11-5-3-2-4-10(11)6-12-8-14(20)18-16(12)22/h2-5,8-9H,6-7H2,1H3,(H,18,20,22). The van der Waals surface area contributed by atoms with Gasteiger partial charge in [0.15, 0.2) is 0 Å². The maximum absolute atomic E-state index is 12.0. The van der Waals surface area contributed by atoms with E-state index < -0.39 is 11.8 Å².